The maximum atomic E-state index is 6.79. The molecule has 0 aliphatic heterocycles. The molecule has 0 unspecified atom stereocenters. The average molecular weight is 794 g/mol. The maximum Gasteiger partial charge on any atom is 0.143 e. The summed E-state index contributed by atoms with van der Waals surface area (Å²) in [6.07, 6.45) is 0. The first-order valence-corrected chi connectivity index (χ1v) is 21.0. The van der Waals surface area contributed by atoms with Crippen molar-refractivity contribution < 1.29 is 13.3 Å². The van der Waals surface area contributed by atoms with Crippen molar-refractivity contribution in [3.8, 4) is 33.4 Å². The zero-order valence-corrected chi connectivity index (χ0v) is 33.4. The zero-order valence-electron chi connectivity index (χ0n) is 33.4. The first kappa shape index (κ1) is 34.5. The third-order valence-corrected chi connectivity index (χ3v) is 12.5. The van der Waals surface area contributed by atoms with E-state index in [2.05, 4.69) is 193 Å². The van der Waals surface area contributed by atoms with Crippen LogP contribution >= 0.6 is 0 Å². The van der Waals surface area contributed by atoms with Gasteiger partial charge in [-0.15, -0.1) is 0 Å². The summed E-state index contributed by atoms with van der Waals surface area (Å²) in [5.74, 6) is 0. The molecule has 0 amide bonds. The molecule has 13 aromatic rings. The van der Waals surface area contributed by atoms with Gasteiger partial charge in [-0.1, -0.05) is 146 Å². The fourth-order valence-corrected chi connectivity index (χ4v) is 9.49. The molecule has 3 heterocycles. The Kier molecular flexibility index (Phi) is 7.57. The fraction of sp³-hybridized carbons (Fsp3) is 0. The number of nitrogens with zero attached hydrogens (tertiary/aromatic N) is 1. The molecule has 290 valence electrons. The molecular weight excluding hydrogens is 759 g/mol. The van der Waals surface area contributed by atoms with Gasteiger partial charge in [0.1, 0.15) is 33.5 Å². The number of benzene rings is 10. The van der Waals surface area contributed by atoms with E-state index in [0.29, 0.717) is 0 Å². The van der Waals surface area contributed by atoms with Gasteiger partial charge in [-0.3, -0.25) is 0 Å². The molecule has 0 N–H and O–H groups in total. The van der Waals surface area contributed by atoms with E-state index in [-0.39, 0.29) is 0 Å². The van der Waals surface area contributed by atoms with Crippen LogP contribution in [-0.4, -0.2) is 0 Å². The lowest BCUT2D eigenvalue weighted by atomic mass is 9.98. The van der Waals surface area contributed by atoms with Gasteiger partial charge in [0.15, 0.2) is 0 Å². The SMILES string of the molecule is c1ccc(N(c2ccc(-c3ccc4c(c3)oc3ccccc34)cc2)c2ccc(-c3cccc4c3oc3ccccc34)cc2)c(-c2cccc3c2oc2cc4ccccc4cc23)c1. The van der Waals surface area contributed by atoms with E-state index < -0.39 is 0 Å². The molecule has 4 heteroatoms. The van der Waals surface area contributed by atoms with Crippen LogP contribution in [0.1, 0.15) is 0 Å². The summed E-state index contributed by atoms with van der Waals surface area (Å²) in [7, 11) is 0. The summed E-state index contributed by atoms with van der Waals surface area (Å²) in [5, 5.41) is 9.06. The molecule has 0 spiro atoms. The maximum absolute atomic E-state index is 6.79. The van der Waals surface area contributed by atoms with E-state index in [1.54, 1.807) is 0 Å². The standard InChI is InChI=1S/C58H35NO3/c1-2-12-39-34-56-51(33-38(39)11-1)50-19-10-17-48(58(50)62-56)44-13-3-6-20-52(44)59(41-28-23-36(24-29-41)40-27-32-47-45-14-4-7-21-53(45)60-55(47)35-40)42-30-25-37(26-31-42)43-16-9-18-49-46-15-5-8-22-54(46)61-57(43)49/h1-35H. The monoisotopic (exact) mass is 793 g/mol. The molecule has 0 saturated carbocycles. The van der Waals surface area contributed by atoms with Crippen LogP contribution in [0.4, 0.5) is 17.1 Å². The molecule has 62 heavy (non-hydrogen) atoms. The number of furan rings is 3. The van der Waals surface area contributed by atoms with Crippen LogP contribution < -0.4 is 4.90 Å². The molecule has 0 aliphatic rings. The second-order valence-corrected chi connectivity index (χ2v) is 16.0. The average Bonchev–Trinajstić information content (AvgIpc) is 4.02. The Balaban J connectivity index is 0.960. The number of hydrogen-bond acceptors (Lipinski definition) is 4. The van der Waals surface area contributed by atoms with Gasteiger partial charge in [-0.2, -0.15) is 0 Å². The lowest BCUT2D eigenvalue weighted by Crippen LogP contribution is -2.11. The predicted molar refractivity (Wildman–Crippen MR) is 257 cm³/mol. The van der Waals surface area contributed by atoms with Crippen LogP contribution in [0.2, 0.25) is 0 Å². The highest BCUT2D eigenvalue weighted by atomic mass is 16.3. The van der Waals surface area contributed by atoms with Crippen molar-refractivity contribution in [2.24, 2.45) is 0 Å². The van der Waals surface area contributed by atoms with Crippen LogP contribution in [0.5, 0.6) is 0 Å². The summed E-state index contributed by atoms with van der Waals surface area (Å²) in [6.45, 7) is 0. The molecular formula is C58H35NO3. The Bertz CT molecular complexity index is 3870. The van der Waals surface area contributed by atoms with Gasteiger partial charge in [0.05, 0.1) is 5.69 Å². The second-order valence-electron chi connectivity index (χ2n) is 16.0. The molecule has 10 aromatic carbocycles. The summed E-state index contributed by atoms with van der Waals surface area (Å²) >= 11 is 0. The molecule has 0 atom stereocenters. The minimum absolute atomic E-state index is 0.871. The second kappa shape index (κ2) is 13.6. The van der Waals surface area contributed by atoms with E-state index >= 15 is 0 Å². The van der Waals surface area contributed by atoms with Gasteiger partial charge >= 0.3 is 0 Å². The van der Waals surface area contributed by atoms with E-state index in [1.807, 2.05) is 24.3 Å². The van der Waals surface area contributed by atoms with Gasteiger partial charge in [-0.25, -0.2) is 0 Å². The number of fused-ring (bicyclic) bond motifs is 10. The van der Waals surface area contributed by atoms with Crippen LogP contribution in [0.25, 0.3) is 110 Å². The van der Waals surface area contributed by atoms with Gasteiger partial charge in [-0.05, 0) is 94.2 Å². The van der Waals surface area contributed by atoms with E-state index in [1.165, 1.54) is 5.39 Å². The number of hydrogen-bond donors (Lipinski definition) is 0. The molecule has 0 saturated heterocycles. The van der Waals surface area contributed by atoms with Crippen molar-refractivity contribution in [3.05, 3.63) is 212 Å². The van der Waals surface area contributed by atoms with Gasteiger partial charge < -0.3 is 18.2 Å². The third kappa shape index (κ3) is 5.40. The van der Waals surface area contributed by atoms with Crippen molar-refractivity contribution in [3.63, 3.8) is 0 Å². The van der Waals surface area contributed by atoms with Gasteiger partial charge in [0.2, 0.25) is 0 Å². The Morgan fingerprint density at radius 1 is 0.274 bits per heavy atom. The fourth-order valence-electron chi connectivity index (χ4n) is 9.49. The minimum Gasteiger partial charge on any atom is -0.456 e. The van der Waals surface area contributed by atoms with Crippen LogP contribution in [-0.2, 0) is 0 Å². The Labute approximate surface area is 356 Å². The van der Waals surface area contributed by atoms with E-state index in [4.69, 9.17) is 13.3 Å². The number of para-hydroxylation sites is 5. The van der Waals surface area contributed by atoms with Crippen molar-refractivity contribution in [1.82, 2.24) is 0 Å². The van der Waals surface area contributed by atoms with Crippen molar-refractivity contribution >= 4 is 93.7 Å². The van der Waals surface area contributed by atoms with Crippen molar-refractivity contribution in [2.45, 2.75) is 0 Å². The van der Waals surface area contributed by atoms with Crippen molar-refractivity contribution in [2.75, 3.05) is 4.90 Å². The van der Waals surface area contributed by atoms with Crippen molar-refractivity contribution in [1.29, 1.82) is 0 Å². The van der Waals surface area contributed by atoms with Crippen LogP contribution in [0.15, 0.2) is 226 Å². The molecule has 3 aromatic heterocycles. The zero-order chi connectivity index (χ0) is 40.7. The topological polar surface area (TPSA) is 42.7 Å². The lowest BCUT2D eigenvalue weighted by molar-refractivity contribution is 0.669. The lowest BCUT2D eigenvalue weighted by Gasteiger charge is -2.28. The summed E-state index contributed by atoms with van der Waals surface area (Å²) < 4.78 is 19.5. The van der Waals surface area contributed by atoms with E-state index in [0.717, 1.165) is 122 Å². The minimum atomic E-state index is 0.871. The largest absolute Gasteiger partial charge is 0.456 e. The van der Waals surface area contributed by atoms with Crippen LogP contribution in [0.3, 0.4) is 0 Å². The quantitative estimate of drug-likeness (QED) is 0.168. The highest BCUT2D eigenvalue weighted by molar-refractivity contribution is 6.14. The number of rotatable bonds is 6. The molecule has 0 radical (unpaired) electrons. The molecule has 4 nitrogen and oxygen atoms in total. The smallest absolute Gasteiger partial charge is 0.143 e. The highest BCUT2D eigenvalue weighted by Crippen LogP contribution is 2.46. The first-order valence-electron chi connectivity index (χ1n) is 21.0. The normalized spacial score (nSPS) is 11.9. The molecule has 0 bridgehead atoms. The Morgan fingerprint density at radius 2 is 0.774 bits per heavy atom. The van der Waals surface area contributed by atoms with E-state index in [9.17, 15) is 0 Å². The first-order chi connectivity index (χ1) is 30.7. The van der Waals surface area contributed by atoms with Gasteiger partial charge in [0, 0.05) is 60.4 Å². The Morgan fingerprint density at radius 3 is 1.55 bits per heavy atom. The predicted octanol–water partition coefficient (Wildman–Crippen LogP) is 17.0. The summed E-state index contributed by atoms with van der Waals surface area (Å²) in [6, 6.07) is 75.0. The number of anilines is 3. The molecule has 0 aliphatic carbocycles. The third-order valence-electron chi connectivity index (χ3n) is 12.5. The molecule has 13 rings (SSSR count). The van der Waals surface area contributed by atoms with Gasteiger partial charge in [0.25, 0.3) is 0 Å². The highest BCUT2D eigenvalue weighted by Gasteiger charge is 2.22. The summed E-state index contributed by atoms with van der Waals surface area (Å²) in [4.78, 5) is 2.35. The van der Waals surface area contributed by atoms with Crippen LogP contribution in [0, 0.1) is 0 Å². The molecule has 0 fully saturated rings. The Hall–Kier alpha value is -8.34. The summed E-state index contributed by atoms with van der Waals surface area (Å²) in [5.41, 5.74) is 14.9.